The van der Waals surface area contributed by atoms with E-state index in [1.807, 2.05) is 13.0 Å². The van der Waals surface area contributed by atoms with Crippen LogP contribution in [0, 0.1) is 0 Å². The molecule has 0 aliphatic carbocycles. The van der Waals surface area contributed by atoms with Gasteiger partial charge in [0.05, 0.1) is 11.8 Å². The fourth-order valence-electron chi connectivity index (χ4n) is 1.76. The zero-order chi connectivity index (χ0) is 14.6. The minimum atomic E-state index is -4.40. The summed E-state index contributed by atoms with van der Waals surface area (Å²) in [7, 11) is 0. The van der Waals surface area contributed by atoms with Gasteiger partial charge in [-0.1, -0.05) is 13.0 Å². The number of halogens is 3. The van der Waals surface area contributed by atoms with Crippen LogP contribution in [0.3, 0.4) is 0 Å². The normalized spacial score (nSPS) is 11.8. The van der Waals surface area contributed by atoms with Crippen molar-refractivity contribution in [2.24, 2.45) is 0 Å². The molecule has 0 aromatic carbocycles. The monoisotopic (exact) mass is 284 g/mol. The van der Waals surface area contributed by atoms with Crippen molar-refractivity contribution in [3.63, 3.8) is 0 Å². The number of rotatable bonds is 5. The second kappa shape index (κ2) is 6.04. The van der Waals surface area contributed by atoms with E-state index < -0.39 is 11.7 Å². The maximum Gasteiger partial charge on any atom is 0.419 e. The van der Waals surface area contributed by atoms with Gasteiger partial charge in [-0.15, -0.1) is 0 Å². The fourth-order valence-corrected chi connectivity index (χ4v) is 1.76. The number of alkyl halides is 3. The highest BCUT2D eigenvalue weighted by atomic mass is 19.4. The number of aromatic nitrogens is 3. The highest BCUT2D eigenvalue weighted by molar-refractivity contribution is 5.33. The van der Waals surface area contributed by atoms with E-state index in [1.165, 1.54) is 6.20 Å². The van der Waals surface area contributed by atoms with Crippen molar-refractivity contribution in [1.29, 1.82) is 0 Å². The molecule has 0 radical (unpaired) electrons. The molecule has 2 aromatic rings. The van der Waals surface area contributed by atoms with E-state index >= 15 is 0 Å². The van der Waals surface area contributed by atoms with Crippen LogP contribution in [-0.2, 0) is 12.7 Å². The largest absolute Gasteiger partial charge is 0.419 e. The molecule has 0 fully saturated rings. The van der Waals surface area contributed by atoms with E-state index in [1.54, 1.807) is 6.07 Å². The van der Waals surface area contributed by atoms with Gasteiger partial charge >= 0.3 is 6.18 Å². The average Bonchev–Trinajstić information content (AvgIpc) is 2.89. The summed E-state index contributed by atoms with van der Waals surface area (Å²) in [5.41, 5.74) is 0.0217. The lowest BCUT2D eigenvalue weighted by Crippen LogP contribution is -2.16. The van der Waals surface area contributed by atoms with E-state index in [0.717, 1.165) is 35.6 Å². The zero-order valence-electron chi connectivity index (χ0n) is 11.0. The van der Waals surface area contributed by atoms with Crippen LogP contribution in [-0.4, -0.2) is 21.3 Å². The molecule has 2 aromatic heterocycles. The average molecular weight is 284 g/mol. The topological polar surface area (TPSA) is 42.7 Å². The van der Waals surface area contributed by atoms with Crippen molar-refractivity contribution in [3.05, 3.63) is 41.9 Å². The van der Waals surface area contributed by atoms with Gasteiger partial charge in [0.1, 0.15) is 0 Å². The summed E-state index contributed by atoms with van der Waals surface area (Å²) in [6, 6.07) is 3.57. The first-order valence-electron chi connectivity index (χ1n) is 6.29. The number of hydrogen-bond acceptors (Lipinski definition) is 3. The third kappa shape index (κ3) is 3.36. The highest BCUT2D eigenvalue weighted by Gasteiger charge is 2.32. The molecule has 0 saturated heterocycles. The molecule has 7 heteroatoms. The first-order chi connectivity index (χ1) is 9.52. The van der Waals surface area contributed by atoms with E-state index in [4.69, 9.17) is 0 Å². The maximum absolute atomic E-state index is 12.6. The van der Waals surface area contributed by atoms with Gasteiger partial charge in [0.15, 0.2) is 5.82 Å². The van der Waals surface area contributed by atoms with Crippen LogP contribution >= 0.6 is 0 Å². The van der Waals surface area contributed by atoms with Gasteiger partial charge in [0.2, 0.25) is 0 Å². The van der Waals surface area contributed by atoms with Crippen LogP contribution in [0.2, 0.25) is 0 Å². The minimum Gasteiger partial charge on any atom is -0.313 e. The smallest absolute Gasteiger partial charge is 0.313 e. The second-order valence-electron chi connectivity index (χ2n) is 4.33. The van der Waals surface area contributed by atoms with E-state index in [2.05, 4.69) is 15.4 Å². The predicted octanol–water partition coefficient (Wildman–Crippen LogP) is 2.79. The number of nitrogens with one attached hydrogen (secondary N) is 1. The summed E-state index contributed by atoms with van der Waals surface area (Å²) in [5, 5.41) is 6.94. The quantitative estimate of drug-likeness (QED) is 0.859. The molecule has 0 atom stereocenters. The Hall–Kier alpha value is -1.89. The highest BCUT2D eigenvalue weighted by Crippen LogP contribution is 2.29. The van der Waals surface area contributed by atoms with Gasteiger partial charge in [-0.3, -0.25) is 0 Å². The van der Waals surface area contributed by atoms with Crippen LogP contribution in [0.25, 0.3) is 5.82 Å². The number of hydrogen-bond donors (Lipinski definition) is 1. The first-order valence-corrected chi connectivity index (χ1v) is 6.29. The van der Waals surface area contributed by atoms with Gasteiger partial charge in [-0.2, -0.15) is 18.3 Å². The second-order valence-corrected chi connectivity index (χ2v) is 4.33. The van der Waals surface area contributed by atoms with E-state index in [-0.39, 0.29) is 0 Å². The molecule has 2 rings (SSSR count). The Morgan fingerprint density at radius 1 is 1.35 bits per heavy atom. The van der Waals surface area contributed by atoms with Crippen molar-refractivity contribution in [2.75, 3.05) is 6.54 Å². The summed E-state index contributed by atoms with van der Waals surface area (Å²) >= 11 is 0. The molecule has 1 N–H and O–H groups in total. The van der Waals surface area contributed by atoms with Crippen molar-refractivity contribution < 1.29 is 13.2 Å². The van der Waals surface area contributed by atoms with Crippen LogP contribution in [0.15, 0.2) is 30.7 Å². The fraction of sp³-hybridized carbons (Fsp3) is 0.385. The van der Waals surface area contributed by atoms with Crippen molar-refractivity contribution in [3.8, 4) is 5.82 Å². The third-order valence-electron chi connectivity index (χ3n) is 2.74. The molecule has 2 heterocycles. The summed E-state index contributed by atoms with van der Waals surface area (Å²) in [6.07, 6.45) is -0.125. The Bertz CT molecular complexity index is 563. The lowest BCUT2D eigenvalue weighted by atomic mass is 10.2. The van der Waals surface area contributed by atoms with E-state index in [9.17, 15) is 13.2 Å². The van der Waals surface area contributed by atoms with Crippen molar-refractivity contribution >= 4 is 0 Å². The Labute approximate surface area is 114 Å². The molecule has 0 aliphatic heterocycles. The van der Waals surface area contributed by atoms with Gasteiger partial charge < -0.3 is 5.32 Å². The Kier molecular flexibility index (Phi) is 4.39. The molecule has 108 valence electrons. The van der Waals surface area contributed by atoms with E-state index in [0.29, 0.717) is 12.4 Å². The molecule has 0 amide bonds. The summed E-state index contributed by atoms with van der Waals surface area (Å²) in [4.78, 5) is 4.12. The SMILES string of the molecule is CCCNCc1cccnc1-n1cc(C(F)(F)F)cn1. The minimum absolute atomic E-state index is 0.409. The lowest BCUT2D eigenvalue weighted by Gasteiger charge is -2.09. The first kappa shape index (κ1) is 14.5. The van der Waals surface area contributed by atoms with Gasteiger partial charge in [0, 0.05) is 24.5 Å². The molecule has 20 heavy (non-hydrogen) atoms. The van der Waals surface area contributed by atoms with Gasteiger partial charge in [-0.25, -0.2) is 9.67 Å². The van der Waals surface area contributed by atoms with Crippen LogP contribution in [0.5, 0.6) is 0 Å². The zero-order valence-corrected chi connectivity index (χ0v) is 11.0. The molecule has 4 nitrogen and oxygen atoms in total. The Morgan fingerprint density at radius 3 is 2.80 bits per heavy atom. The molecule has 0 spiro atoms. The molecule has 0 unspecified atom stereocenters. The van der Waals surface area contributed by atoms with Crippen LogP contribution < -0.4 is 5.32 Å². The van der Waals surface area contributed by atoms with Crippen LogP contribution in [0.1, 0.15) is 24.5 Å². The summed E-state index contributed by atoms with van der Waals surface area (Å²) in [5.74, 6) is 0.409. The Balaban J connectivity index is 2.26. The third-order valence-corrected chi connectivity index (χ3v) is 2.74. The summed E-state index contributed by atoms with van der Waals surface area (Å²) < 4.78 is 38.9. The molecular formula is C13H15F3N4. The summed E-state index contributed by atoms with van der Waals surface area (Å²) in [6.45, 7) is 3.42. The number of nitrogens with zero attached hydrogens (tertiary/aromatic N) is 3. The van der Waals surface area contributed by atoms with Gasteiger partial charge in [0.25, 0.3) is 0 Å². The molecule has 0 bridgehead atoms. The molecule has 0 saturated carbocycles. The number of pyridine rings is 1. The molecular weight excluding hydrogens is 269 g/mol. The van der Waals surface area contributed by atoms with Crippen LogP contribution in [0.4, 0.5) is 13.2 Å². The molecule has 0 aliphatic rings. The van der Waals surface area contributed by atoms with Crippen molar-refractivity contribution in [2.45, 2.75) is 26.1 Å². The lowest BCUT2D eigenvalue weighted by molar-refractivity contribution is -0.137. The standard InChI is InChI=1S/C13H15F3N4/c1-2-5-17-7-10-4-3-6-18-12(10)20-9-11(8-19-20)13(14,15)16/h3-4,6,8-9,17H,2,5,7H2,1H3. The Morgan fingerprint density at radius 2 is 2.15 bits per heavy atom. The van der Waals surface area contributed by atoms with Crippen molar-refractivity contribution in [1.82, 2.24) is 20.1 Å². The predicted molar refractivity (Wildman–Crippen MR) is 68.4 cm³/mol. The van der Waals surface area contributed by atoms with Gasteiger partial charge in [-0.05, 0) is 19.0 Å². The maximum atomic E-state index is 12.6.